The lowest BCUT2D eigenvalue weighted by Gasteiger charge is -2.12. The Morgan fingerprint density at radius 2 is 2.00 bits per heavy atom. The van der Waals surface area contributed by atoms with Crippen molar-refractivity contribution in [3.63, 3.8) is 0 Å². The van der Waals surface area contributed by atoms with Gasteiger partial charge in [0.15, 0.2) is 0 Å². The summed E-state index contributed by atoms with van der Waals surface area (Å²) in [6.07, 6.45) is 4.50. The lowest BCUT2D eigenvalue weighted by Crippen LogP contribution is -2.25. The van der Waals surface area contributed by atoms with Crippen LogP contribution in [0.15, 0.2) is 24.5 Å². The third-order valence-electron chi connectivity index (χ3n) is 3.31. The van der Waals surface area contributed by atoms with E-state index < -0.39 is 0 Å². The molecule has 23 heavy (non-hydrogen) atoms. The van der Waals surface area contributed by atoms with E-state index in [1.165, 1.54) is 0 Å². The van der Waals surface area contributed by atoms with Gasteiger partial charge < -0.3 is 10.6 Å². The quantitative estimate of drug-likeness (QED) is 0.761. The lowest BCUT2D eigenvalue weighted by atomic mass is 10.2. The van der Waals surface area contributed by atoms with Gasteiger partial charge in [-0.3, -0.25) is 9.78 Å². The Hall–Kier alpha value is -2.21. The van der Waals surface area contributed by atoms with E-state index in [1.807, 2.05) is 19.1 Å². The third-order valence-corrected chi connectivity index (χ3v) is 3.62. The Kier molecular flexibility index (Phi) is 6.29. The summed E-state index contributed by atoms with van der Waals surface area (Å²) in [5, 5.41) is 6.50. The van der Waals surface area contributed by atoms with Crippen LogP contribution in [0.25, 0.3) is 0 Å². The van der Waals surface area contributed by atoms with Gasteiger partial charge in [0.2, 0.25) is 5.91 Å². The van der Waals surface area contributed by atoms with Crippen molar-refractivity contribution in [1.29, 1.82) is 0 Å². The molecule has 0 fully saturated rings. The first-order chi connectivity index (χ1) is 11.1. The third kappa shape index (κ3) is 5.17. The number of halogens is 1. The van der Waals surface area contributed by atoms with Gasteiger partial charge in [-0.15, -0.1) is 0 Å². The summed E-state index contributed by atoms with van der Waals surface area (Å²) >= 11 is 6.12. The topological polar surface area (TPSA) is 79.8 Å². The van der Waals surface area contributed by atoms with Crippen LogP contribution >= 0.6 is 11.6 Å². The Labute approximate surface area is 140 Å². The molecule has 0 saturated heterocycles. The number of nitrogens with zero attached hydrogens (tertiary/aromatic N) is 3. The number of carbonyl (C=O) groups excluding carboxylic acids is 1. The SMILES string of the molecule is CCc1c(Cl)nc(C)nc1NCCC(=O)NCc1ccncc1. The molecule has 2 heterocycles. The monoisotopic (exact) mass is 333 g/mol. The minimum Gasteiger partial charge on any atom is -0.369 e. The fourth-order valence-electron chi connectivity index (χ4n) is 2.11. The van der Waals surface area contributed by atoms with Crippen LogP contribution in [0.4, 0.5) is 5.82 Å². The summed E-state index contributed by atoms with van der Waals surface area (Å²) in [4.78, 5) is 24.3. The zero-order valence-corrected chi connectivity index (χ0v) is 14.0. The van der Waals surface area contributed by atoms with E-state index in [1.54, 1.807) is 19.3 Å². The number of nitrogens with one attached hydrogen (secondary N) is 2. The number of pyridine rings is 1. The van der Waals surface area contributed by atoms with Crippen LogP contribution < -0.4 is 10.6 Å². The molecule has 7 heteroatoms. The molecule has 0 saturated carbocycles. The molecular formula is C16H20ClN5O. The number of carbonyl (C=O) groups is 1. The smallest absolute Gasteiger partial charge is 0.222 e. The minimum absolute atomic E-state index is 0.0239. The van der Waals surface area contributed by atoms with Crippen LogP contribution in [-0.4, -0.2) is 27.4 Å². The molecule has 122 valence electrons. The summed E-state index contributed by atoms with van der Waals surface area (Å²) in [5.41, 5.74) is 1.89. The summed E-state index contributed by atoms with van der Waals surface area (Å²) in [6, 6.07) is 3.75. The van der Waals surface area contributed by atoms with Gasteiger partial charge in [-0.1, -0.05) is 18.5 Å². The van der Waals surface area contributed by atoms with Crippen LogP contribution in [0.3, 0.4) is 0 Å². The average Bonchev–Trinajstić information content (AvgIpc) is 2.53. The van der Waals surface area contributed by atoms with Crippen LogP contribution in [0.2, 0.25) is 5.15 Å². The summed E-state index contributed by atoms with van der Waals surface area (Å²) in [5.74, 6) is 1.29. The van der Waals surface area contributed by atoms with Gasteiger partial charge in [0.05, 0.1) is 0 Å². The van der Waals surface area contributed by atoms with Gasteiger partial charge in [0.1, 0.15) is 16.8 Å². The van der Waals surface area contributed by atoms with Gasteiger partial charge in [-0.05, 0) is 31.0 Å². The van der Waals surface area contributed by atoms with Crippen LogP contribution in [0.1, 0.15) is 30.3 Å². The Morgan fingerprint density at radius 3 is 2.70 bits per heavy atom. The fraction of sp³-hybridized carbons (Fsp3) is 0.375. The molecule has 2 aromatic heterocycles. The number of hydrogen-bond acceptors (Lipinski definition) is 5. The maximum atomic E-state index is 11.9. The molecule has 0 unspecified atom stereocenters. The second kappa shape index (κ2) is 8.43. The zero-order chi connectivity index (χ0) is 16.7. The van der Waals surface area contributed by atoms with Gasteiger partial charge in [0.25, 0.3) is 0 Å². The summed E-state index contributed by atoms with van der Waals surface area (Å²) in [7, 11) is 0. The minimum atomic E-state index is -0.0239. The van der Waals surface area contributed by atoms with Crippen molar-refractivity contribution in [2.24, 2.45) is 0 Å². The van der Waals surface area contributed by atoms with Crippen LogP contribution in [0.5, 0.6) is 0 Å². The second-order valence-corrected chi connectivity index (χ2v) is 5.41. The van der Waals surface area contributed by atoms with E-state index in [0.717, 1.165) is 17.5 Å². The maximum Gasteiger partial charge on any atom is 0.222 e. The van der Waals surface area contributed by atoms with E-state index >= 15 is 0 Å². The van der Waals surface area contributed by atoms with Gasteiger partial charge in [-0.25, -0.2) is 9.97 Å². The van der Waals surface area contributed by atoms with E-state index in [-0.39, 0.29) is 5.91 Å². The zero-order valence-electron chi connectivity index (χ0n) is 13.3. The van der Waals surface area contributed by atoms with E-state index in [9.17, 15) is 4.79 Å². The van der Waals surface area contributed by atoms with Crippen molar-refractivity contribution in [2.75, 3.05) is 11.9 Å². The number of amides is 1. The van der Waals surface area contributed by atoms with E-state index in [4.69, 9.17) is 11.6 Å². The predicted octanol–water partition coefficient (Wildman–Crippen LogP) is 2.51. The molecule has 0 spiro atoms. The molecule has 1 amide bonds. The average molecular weight is 334 g/mol. The van der Waals surface area contributed by atoms with Crippen molar-refractivity contribution in [3.05, 3.63) is 46.6 Å². The molecule has 0 aliphatic carbocycles. The maximum absolute atomic E-state index is 11.9. The molecule has 2 aromatic rings. The normalized spacial score (nSPS) is 10.4. The first-order valence-electron chi connectivity index (χ1n) is 7.52. The van der Waals surface area contributed by atoms with Gasteiger partial charge in [-0.2, -0.15) is 0 Å². The van der Waals surface area contributed by atoms with Crippen molar-refractivity contribution >= 4 is 23.3 Å². The highest BCUT2D eigenvalue weighted by Gasteiger charge is 2.10. The second-order valence-electron chi connectivity index (χ2n) is 5.05. The highest BCUT2D eigenvalue weighted by molar-refractivity contribution is 6.30. The summed E-state index contributed by atoms with van der Waals surface area (Å²) in [6.45, 7) is 4.77. The number of anilines is 1. The number of aromatic nitrogens is 3. The molecule has 0 aliphatic heterocycles. The van der Waals surface area contributed by atoms with Crippen LogP contribution in [0, 0.1) is 6.92 Å². The molecule has 0 radical (unpaired) electrons. The van der Waals surface area contributed by atoms with E-state index in [2.05, 4.69) is 25.6 Å². The number of aryl methyl sites for hydroxylation is 1. The number of rotatable bonds is 7. The fourth-order valence-corrected chi connectivity index (χ4v) is 2.45. The first-order valence-corrected chi connectivity index (χ1v) is 7.90. The molecular weight excluding hydrogens is 314 g/mol. The van der Waals surface area contributed by atoms with Crippen molar-refractivity contribution in [1.82, 2.24) is 20.3 Å². The highest BCUT2D eigenvalue weighted by Crippen LogP contribution is 2.21. The van der Waals surface area contributed by atoms with Crippen molar-refractivity contribution in [3.8, 4) is 0 Å². The van der Waals surface area contributed by atoms with Gasteiger partial charge >= 0.3 is 0 Å². The number of hydrogen-bond donors (Lipinski definition) is 2. The Bertz CT molecular complexity index is 663. The molecule has 2 rings (SSSR count). The van der Waals surface area contributed by atoms with Crippen molar-refractivity contribution < 1.29 is 4.79 Å². The molecule has 0 aliphatic rings. The highest BCUT2D eigenvalue weighted by atomic mass is 35.5. The van der Waals surface area contributed by atoms with E-state index in [0.29, 0.717) is 36.3 Å². The van der Waals surface area contributed by atoms with Gasteiger partial charge in [0, 0.05) is 37.5 Å². The first kappa shape index (κ1) is 17.1. The molecule has 0 atom stereocenters. The summed E-state index contributed by atoms with van der Waals surface area (Å²) < 4.78 is 0. The lowest BCUT2D eigenvalue weighted by molar-refractivity contribution is -0.121. The molecule has 6 nitrogen and oxygen atoms in total. The van der Waals surface area contributed by atoms with Crippen molar-refractivity contribution in [2.45, 2.75) is 33.2 Å². The largest absolute Gasteiger partial charge is 0.369 e. The Balaban J connectivity index is 1.82. The predicted molar refractivity (Wildman–Crippen MR) is 90.3 cm³/mol. The Morgan fingerprint density at radius 1 is 1.26 bits per heavy atom. The van der Waals surface area contributed by atoms with Crippen LogP contribution in [-0.2, 0) is 17.8 Å². The molecule has 0 bridgehead atoms. The molecule has 2 N–H and O–H groups in total. The molecule has 0 aromatic carbocycles. The standard InChI is InChI=1S/C16H20ClN5O/c1-3-13-15(17)21-11(2)22-16(13)19-9-6-14(23)20-10-12-4-7-18-8-5-12/h4-5,7-8H,3,6,9-10H2,1-2H3,(H,20,23)(H,19,21,22).